The fourth-order valence-corrected chi connectivity index (χ4v) is 2.64. The average molecular weight is 379 g/mol. The molecule has 0 aliphatic carbocycles. The van der Waals surface area contributed by atoms with Crippen LogP contribution in [0.2, 0.25) is 0 Å². The first-order valence-corrected chi connectivity index (χ1v) is 7.61. The molecule has 0 bridgehead atoms. The van der Waals surface area contributed by atoms with Crippen molar-refractivity contribution in [3.63, 3.8) is 0 Å². The lowest BCUT2D eigenvalue weighted by Crippen LogP contribution is -2.16. The Labute approximate surface area is 141 Å². The number of nitrogens with zero attached hydrogens (tertiary/aromatic N) is 1. The Morgan fingerprint density at radius 3 is 2.57 bits per heavy atom. The van der Waals surface area contributed by atoms with Crippen LogP contribution in [0.1, 0.15) is 16.7 Å². The molecule has 2 aromatic carbocycles. The number of hydrogen-bond acceptors (Lipinski definition) is 4. The zero-order valence-corrected chi connectivity index (χ0v) is 14.2. The molecule has 0 aliphatic heterocycles. The summed E-state index contributed by atoms with van der Waals surface area (Å²) in [6.07, 6.45) is -0.734. The molecule has 0 atom stereocenters. The molecule has 1 N–H and O–H groups in total. The predicted octanol–water partition coefficient (Wildman–Crippen LogP) is 4.72. The lowest BCUT2D eigenvalue weighted by atomic mass is 10.1. The van der Waals surface area contributed by atoms with E-state index in [-0.39, 0.29) is 18.0 Å². The maximum Gasteiger partial charge on any atom is 0.412 e. The molecule has 1 amide bonds. The van der Waals surface area contributed by atoms with E-state index in [0.717, 1.165) is 5.56 Å². The first kappa shape index (κ1) is 17.0. The van der Waals surface area contributed by atoms with Crippen LogP contribution in [0.5, 0.6) is 0 Å². The van der Waals surface area contributed by atoms with E-state index in [1.165, 1.54) is 0 Å². The highest BCUT2D eigenvalue weighted by Gasteiger charge is 2.24. The minimum Gasteiger partial charge on any atom is -0.444 e. The van der Waals surface area contributed by atoms with Crippen LogP contribution < -0.4 is 5.32 Å². The largest absolute Gasteiger partial charge is 0.444 e. The van der Waals surface area contributed by atoms with E-state index in [1.54, 1.807) is 19.9 Å². The number of benzene rings is 2. The molecular weight excluding hydrogens is 364 g/mol. The standard InChI is InChI=1S/C16H15BrN2O4/c1-10-8-13(17)11(2)15(19(21)22)14(10)18-16(20)23-9-12-6-4-3-5-7-12/h3-8H,9H2,1-2H3,(H,18,20). The van der Waals surface area contributed by atoms with Crippen LogP contribution in [0.15, 0.2) is 40.9 Å². The van der Waals surface area contributed by atoms with Crippen LogP contribution in [-0.4, -0.2) is 11.0 Å². The second kappa shape index (κ2) is 7.23. The van der Waals surface area contributed by atoms with Gasteiger partial charge >= 0.3 is 6.09 Å². The smallest absolute Gasteiger partial charge is 0.412 e. The number of rotatable bonds is 4. The van der Waals surface area contributed by atoms with E-state index < -0.39 is 11.0 Å². The molecule has 0 saturated carbocycles. The van der Waals surface area contributed by atoms with Gasteiger partial charge in [0.1, 0.15) is 12.3 Å². The van der Waals surface area contributed by atoms with E-state index in [9.17, 15) is 14.9 Å². The van der Waals surface area contributed by atoms with Gasteiger partial charge in [-0.1, -0.05) is 46.3 Å². The summed E-state index contributed by atoms with van der Waals surface area (Å²) >= 11 is 3.28. The van der Waals surface area contributed by atoms with Crippen LogP contribution >= 0.6 is 15.9 Å². The lowest BCUT2D eigenvalue weighted by Gasteiger charge is -2.12. The molecule has 0 saturated heterocycles. The number of carbonyl (C=O) groups is 1. The van der Waals surface area contributed by atoms with Gasteiger partial charge in [0.05, 0.1) is 4.92 Å². The molecule has 0 spiro atoms. The van der Waals surface area contributed by atoms with E-state index in [4.69, 9.17) is 4.74 Å². The third-order valence-corrected chi connectivity index (χ3v) is 4.13. The molecule has 23 heavy (non-hydrogen) atoms. The Balaban J connectivity index is 2.18. The highest BCUT2D eigenvalue weighted by atomic mass is 79.9. The van der Waals surface area contributed by atoms with Crippen molar-refractivity contribution in [1.82, 2.24) is 0 Å². The van der Waals surface area contributed by atoms with E-state index in [2.05, 4.69) is 21.2 Å². The Morgan fingerprint density at radius 1 is 1.30 bits per heavy atom. The zero-order chi connectivity index (χ0) is 17.0. The average Bonchev–Trinajstić information content (AvgIpc) is 2.51. The molecule has 0 unspecified atom stereocenters. The zero-order valence-electron chi connectivity index (χ0n) is 12.6. The minimum atomic E-state index is -0.734. The summed E-state index contributed by atoms with van der Waals surface area (Å²) in [6, 6.07) is 10.9. The van der Waals surface area contributed by atoms with Crippen molar-refractivity contribution >= 4 is 33.4 Å². The van der Waals surface area contributed by atoms with E-state index in [0.29, 0.717) is 15.6 Å². The first-order valence-electron chi connectivity index (χ1n) is 6.82. The van der Waals surface area contributed by atoms with Crippen LogP contribution in [0.25, 0.3) is 0 Å². The van der Waals surface area contributed by atoms with Gasteiger partial charge in [0.2, 0.25) is 0 Å². The van der Waals surface area contributed by atoms with Crippen LogP contribution in [0.3, 0.4) is 0 Å². The Hall–Kier alpha value is -2.41. The molecule has 2 rings (SSSR count). The summed E-state index contributed by atoms with van der Waals surface area (Å²) in [7, 11) is 0. The van der Waals surface area contributed by atoms with Crippen LogP contribution in [0.4, 0.5) is 16.2 Å². The highest BCUT2D eigenvalue weighted by molar-refractivity contribution is 9.10. The van der Waals surface area contributed by atoms with Gasteiger partial charge in [-0.25, -0.2) is 4.79 Å². The summed E-state index contributed by atoms with van der Waals surface area (Å²) in [5.74, 6) is 0. The third kappa shape index (κ3) is 4.07. The van der Waals surface area contributed by atoms with Gasteiger partial charge in [0, 0.05) is 10.0 Å². The van der Waals surface area contributed by atoms with Crippen molar-refractivity contribution in [2.75, 3.05) is 5.32 Å². The third-order valence-electron chi connectivity index (χ3n) is 3.31. The van der Waals surface area contributed by atoms with Crippen molar-refractivity contribution in [3.05, 3.63) is 67.7 Å². The van der Waals surface area contributed by atoms with Crippen molar-refractivity contribution in [2.45, 2.75) is 20.5 Å². The summed E-state index contributed by atoms with van der Waals surface area (Å²) in [6.45, 7) is 3.39. The number of nitrogens with one attached hydrogen (secondary N) is 1. The molecule has 2 aromatic rings. The van der Waals surface area contributed by atoms with Gasteiger partial charge in [-0.3, -0.25) is 15.4 Å². The quantitative estimate of drug-likeness (QED) is 0.616. The summed E-state index contributed by atoms with van der Waals surface area (Å²) in [5.41, 5.74) is 1.85. The molecule has 0 heterocycles. The topological polar surface area (TPSA) is 81.5 Å². The van der Waals surface area contributed by atoms with Crippen molar-refractivity contribution < 1.29 is 14.5 Å². The number of nitro groups is 1. The SMILES string of the molecule is Cc1cc(Br)c(C)c([N+](=O)[O-])c1NC(=O)OCc1ccccc1. The van der Waals surface area contributed by atoms with Gasteiger partial charge in [-0.2, -0.15) is 0 Å². The number of amides is 1. The van der Waals surface area contributed by atoms with Gasteiger partial charge in [0.15, 0.2) is 0 Å². The monoisotopic (exact) mass is 378 g/mol. The molecular formula is C16H15BrN2O4. The van der Waals surface area contributed by atoms with Crippen LogP contribution in [0, 0.1) is 24.0 Å². The summed E-state index contributed by atoms with van der Waals surface area (Å²) in [5, 5.41) is 13.8. The fraction of sp³-hybridized carbons (Fsp3) is 0.188. The number of carbonyl (C=O) groups excluding carboxylic acids is 1. The number of hydrogen-bond donors (Lipinski definition) is 1. The molecule has 7 heteroatoms. The van der Waals surface area contributed by atoms with Gasteiger partial charge in [-0.05, 0) is 31.0 Å². The van der Waals surface area contributed by atoms with Gasteiger partial charge in [-0.15, -0.1) is 0 Å². The second-order valence-electron chi connectivity index (χ2n) is 4.97. The fourth-order valence-electron chi connectivity index (χ4n) is 2.11. The second-order valence-corrected chi connectivity index (χ2v) is 5.82. The van der Waals surface area contributed by atoms with E-state index in [1.807, 2.05) is 30.3 Å². The minimum absolute atomic E-state index is 0.0923. The molecule has 0 radical (unpaired) electrons. The highest BCUT2D eigenvalue weighted by Crippen LogP contribution is 2.36. The molecule has 6 nitrogen and oxygen atoms in total. The summed E-state index contributed by atoms with van der Waals surface area (Å²) in [4.78, 5) is 22.7. The number of anilines is 1. The normalized spacial score (nSPS) is 10.2. The first-order chi connectivity index (χ1) is 10.9. The number of halogens is 1. The maximum atomic E-state index is 11.9. The maximum absolute atomic E-state index is 11.9. The Kier molecular flexibility index (Phi) is 5.33. The molecule has 0 aliphatic rings. The van der Waals surface area contributed by atoms with Crippen molar-refractivity contribution in [3.8, 4) is 0 Å². The van der Waals surface area contributed by atoms with Crippen molar-refractivity contribution in [1.29, 1.82) is 0 Å². The Morgan fingerprint density at radius 2 is 1.96 bits per heavy atom. The summed E-state index contributed by atoms with van der Waals surface area (Å²) < 4.78 is 5.72. The van der Waals surface area contributed by atoms with Crippen LogP contribution in [-0.2, 0) is 11.3 Å². The lowest BCUT2D eigenvalue weighted by molar-refractivity contribution is -0.384. The van der Waals surface area contributed by atoms with Gasteiger partial charge < -0.3 is 4.74 Å². The molecule has 0 fully saturated rings. The van der Waals surface area contributed by atoms with Crippen molar-refractivity contribution in [2.24, 2.45) is 0 Å². The predicted molar refractivity (Wildman–Crippen MR) is 90.5 cm³/mol. The molecule has 120 valence electrons. The van der Waals surface area contributed by atoms with Gasteiger partial charge in [0.25, 0.3) is 5.69 Å². The number of aryl methyl sites for hydroxylation is 1. The Bertz CT molecular complexity index is 747. The number of ether oxygens (including phenoxy) is 1. The number of nitro benzene ring substituents is 1. The van der Waals surface area contributed by atoms with E-state index >= 15 is 0 Å². The molecule has 0 aromatic heterocycles.